The van der Waals surface area contributed by atoms with Crippen molar-refractivity contribution in [3.63, 3.8) is 0 Å². The number of halogens is 1. The first-order valence-electron chi connectivity index (χ1n) is 6.71. The molecule has 0 spiro atoms. The van der Waals surface area contributed by atoms with Gasteiger partial charge in [0.2, 0.25) is 5.96 Å². The first kappa shape index (κ1) is 15.8. The molecule has 0 aliphatic carbocycles. The van der Waals surface area contributed by atoms with E-state index in [0.29, 0.717) is 0 Å². The lowest BCUT2D eigenvalue weighted by molar-refractivity contribution is 1.01. The molecular formula is C17H17ClN4. The van der Waals surface area contributed by atoms with Crippen molar-refractivity contribution in [2.75, 3.05) is 7.05 Å². The maximum absolute atomic E-state index is 5.59. The molecule has 0 aromatic heterocycles. The Morgan fingerprint density at radius 3 is 2.09 bits per heavy atom. The van der Waals surface area contributed by atoms with E-state index in [-0.39, 0.29) is 18.4 Å². The van der Waals surface area contributed by atoms with Crippen molar-refractivity contribution in [1.82, 2.24) is 5.43 Å². The highest BCUT2D eigenvalue weighted by molar-refractivity contribution is 6.13. The average molecular weight is 313 g/mol. The van der Waals surface area contributed by atoms with E-state index in [1.54, 1.807) is 13.3 Å². The summed E-state index contributed by atoms with van der Waals surface area (Å²) in [6.07, 6.45) is 1.79. The molecule has 0 aliphatic heterocycles. The number of guanidine groups is 1. The summed E-state index contributed by atoms with van der Waals surface area (Å²) in [4.78, 5) is 3.81. The Labute approximate surface area is 135 Å². The van der Waals surface area contributed by atoms with E-state index in [2.05, 4.69) is 45.9 Å². The lowest BCUT2D eigenvalue weighted by atomic mass is 9.97. The van der Waals surface area contributed by atoms with Gasteiger partial charge < -0.3 is 5.73 Å². The van der Waals surface area contributed by atoms with Gasteiger partial charge in [-0.05, 0) is 27.6 Å². The third-order valence-electron chi connectivity index (χ3n) is 3.43. The SMILES string of the molecule is CN=C(N)NN=Cc1c2ccccc2cc2ccccc12.Cl. The van der Waals surface area contributed by atoms with Crippen LogP contribution in [0.1, 0.15) is 5.56 Å². The van der Waals surface area contributed by atoms with Crippen molar-refractivity contribution in [3.05, 3.63) is 60.2 Å². The van der Waals surface area contributed by atoms with Gasteiger partial charge in [-0.25, -0.2) is 5.43 Å². The largest absolute Gasteiger partial charge is 0.369 e. The molecule has 0 saturated carbocycles. The molecule has 5 heteroatoms. The van der Waals surface area contributed by atoms with Crippen molar-refractivity contribution in [3.8, 4) is 0 Å². The van der Waals surface area contributed by atoms with E-state index < -0.39 is 0 Å². The van der Waals surface area contributed by atoms with Crippen LogP contribution in [0.3, 0.4) is 0 Å². The molecule has 3 N–H and O–H groups in total. The van der Waals surface area contributed by atoms with Gasteiger partial charge in [-0.2, -0.15) is 5.10 Å². The van der Waals surface area contributed by atoms with Gasteiger partial charge in [0, 0.05) is 12.6 Å². The van der Waals surface area contributed by atoms with Gasteiger partial charge in [-0.1, -0.05) is 48.5 Å². The Bertz CT molecular complexity index is 802. The highest BCUT2D eigenvalue weighted by Gasteiger charge is 2.05. The minimum atomic E-state index is 0. The van der Waals surface area contributed by atoms with Crippen molar-refractivity contribution < 1.29 is 0 Å². The number of aliphatic imine (C=N–C) groups is 1. The van der Waals surface area contributed by atoms with Crippen molar-refractivity contribution in [1.29, 1.82) is 0 Å². The van der Waals surface area contributed by atoms with Crippen LogP contribution < -0.4 is 11.2 Å². The normalized spacial score (nSPS) is 11.8. The number of benzene rings is 3. The summed E-state index contributed by atoms with van der Waals surface area (Å²) in [6, 6.07) is 18.7. The zero-order valence-electron chi connectivity index (χ0n) is 12.2. The van der Waals surface area contributed by atoms with Crippen LogP contribution >= 0.6 is 12.4 Å². The van der Waals surface area contributed by atoms with Crippen LogP contribution in [-0.2, 0) is 0 Å². The summed E-state index contributed by atoms with van der Waals surface area (Å²) < 4.78 is 0. The van der Waals surface area contributed by atoms with E-state index in [0.717, 1.165) is 16.3 Å². The summed E-state index contributed by atoms with van der Waals surface area (Å²) in [5.41, 5.74) is 9.36. The zero-order valence-corrected chi connectivity index (χ0v) is 13.0. The van der Waals surface area contributed by atoms with Crippen LogP contribution in [0.4, 0.5) is 0 Å². The lowest BCUT2D eigenvalue weighted by Gasteiger charge is -2.07. The van der Waals surface area contributed by atoms with E-state index in [1.807, 2.05) is 24.3 Å². The molecule has 0 saturated heterocycles. The lowest BCUT2D eigenvalue weighted by Crippen LogP contribution is -2.26. The smallest absolute Gasteiger partial charge is 0.209 e. The molecule has 0 unspecified atom stereocenters. The highest BCUT2D eigenvalue weighted by Crippen LogP contribution is 2.27. The second kappa shape index (κ2) is 6.91. The fourth-order valence-corrected chi connectivity index (χ4v) is 2.40. The molecule has 0 bridgehead atoms. The number of nitrogens with one attached hydrogen (secondary N) is 1. The fraction of sp³-hybridized carbons (Fsp3) is 0.0588. The predicted molar refractivity (Wildman–Crippen MR) is 97.0 cm³/mol. The van der Waals surface area contributed by atoms with Gasteiger partial charge in [0.25, 0.3) is 0 Å². The van der Waals surface area contributed by atoms with Crippen molar-refractivity contribution in [2.24, 2.45) is 15.8 Å². The second-order valence-electron chi connectivity index (χ2n) is 4.71. The Balaban J connectivity index is 0.00000176. The second-order valence-corrected chi connectivity index (χ2v) is 4.71. The molecular weight excluding hydrogens is 296 g/mol. The number of fused-ring (bicyclic) bond motifs is 2. The fourth-order valence-electron chi connectivity index (χ4n) is 2.40. The molecule has 22 heavy (non-hydrogen) atoms. The molecule has 3 rings (SSSR count). The van der Waals surface area contributed by atoms with E-state index >= 15 is 0 Å². The third-order valence-corrected chi connectivity index (χ3v) is 3.43. The number of rotatable bonds is 2. The van der Waals surface area contributed by atoms with E-state index in [4.69, 9.17) is 5.73 Å². The van der Waals surface area contributed by atoms with Crippen LogP contribution in [0.25, 0.3) is 21.5 Å². The zero-order chi connectivity index (χ0) is 14.7. The van der Waals surface area contributed by atoms with E-state index in [9.17, 15) is 0 Å². The monoisotopic (exact) mass is 312 g/mol. The Hall–Kier alpha value is -2.59. The Kier molecular flexibility index (Phi) is 4.96. The van der Waals surface area contributed by atoms with Crippen LogP contribution in [0.15, 0.2) is 64.7 Å². The van der Waals surface area contributed by atoms with Gasteiger partial charge in [0.05, 0.1) is 6.21 Å². The maximum Gasteiger partial charge on any atom is 0.209 e. The summed E-state index contributed by atoms with van der Waals surface area (Å²) >= 11 is 0. The Morgan fingerprint density at radius 1 is 1.00 bits per heavy atom. The summed E-state index contributed by atoms with van der Waals surface area (Å²) in [5, 5.41) is 8.88. The molecule has 0 atom stereocenters. The van der Waals surface area contributed by atoms with Gasteiger partial charge in [0.1, 0.15) is 0 Å². The number of hydrogen-bond acceptors (Lipinski definition) is 2. The first-order valence-corrected chi connectivity index (χ1v) is 6.71. The molecule has 0 fully saturated rings. The molecule has 0 aliphatic rings. The van der Waals surface area contributed by atoms with Crippen molar-refractivity contribution in [2.45, 2.75) is 0 Å². The summed E-state index contributed by atoms with van der Waals surface area (Å²) in [5.74, 6) is 0.288. The third kappa shape index (κ3) is 3.02. The summed E-state index contributed by atoms with van der Waals surface area (Å²) in [7, 11) is 1.62. The van der Waals surface area contributed by atoms with Gasteiger partial charge in [0.15, 0.2) is 0 Å². The van der Waals surface area contributed by atoms with Crippen LogP contribution in [0, 0.1) is 0 Å². The molecule has 112 valence electrons. The van der Waals surface area contributed by atoms with Gasteiger partial charge >= 0.3 is 0 Å². The van der Waals surface area contributed by atoms with Crippen molar-refractivity contribution >= 4 is 46.1 Å². The summed E-state index contributed by atoms with van der Waals surface area (Å²) in [6.45, 7) is 0. The first-order chi connectivity index (χ1) is 10.3. The number of hydrogen-bond donors (Lipinski definition) is 2. The average Bonchev–Trinajstić information content (AvgIpc) is 2.54. The molecule has 0 heterocycles. The highest BCUT2D eigenvalue weighted by atomic mass is 35.5. The molecule has 0 amide bonds. The number of nitrogens with two attached hydrogens (primary N) is 1. The maximum atomic E-state index is 5.59. The van der Waals surface area contributed by atoms with Crippen LogP contribution in [-0.4, -0.2) is 19.2 Å². The molecule has 4 nitrogen and oxygen atoms in total. The van der Waals surface area contributed by atoms with E-state index in [1.165, 1.54) is 10.8 Å². The topological polar surface area (TPSA) is 62.8 Å². The minimum Gasteiger partial charge on any atom is -0.369 e. The van der Waals surface area contributed by atoms with Gasteiger partial charge in [-0.15, -0.1) is 12.4 Å². The quantitative estimate of drug-likeness (QED) is 0.330. The molecule has 3 aromatic carbocycles. The standard InChI is InChI=1S/C17H16N4.ClH/c1-19-17(18)21-20-11-16-14-8-4-2-6-12(14)10-13-7-3-5-9-15(13)16;/h2-11H,1H3,(H3,18,19,21);1H. The molecule has 0 radical (unpaired) electrons. The van der Waals surface area contributed by atoms with Crippen LogP contribution in [0.5, 0.6) is 0 Å². The Morgan fingerprint density at radius 2 is 1.55 bits per heavy atom. The minimum absolute atomic E-state index is 0. The van der Waals surface area contributed by atoms with Gasteiger partial charge in [-0.3, -0.25) is 4.99 Å². The number of hydrazone groups is 1. The number of nitrogens with zero attached hydrogens (tertiary/aromatic N) is 2. The van der Waals surface area contributed by atoms with Crippen LogP contribution in [0.2, 0.25) is 0 Å². The molecule has 3 aromatic rings. The predicted octanol–water partition coefficient (Wildman–Crippen LogP) is 3.28.